The molecule has 0 unspecified atom stereocenters. The van der Waals surface area contributed by atoms with Gasteiger partial charge in [0.25, 0.3) is 6.71 Å². The van der Waals surface area contributed by atoms with Gasteiger partial charge in [-0.15, -0.1) is 0 Å². The second-order valence-corrected chi connectivity index (χ2v) is 25.5. The third kappa shape index (κ3) is 5.81. The van der Waals surface area contributed by atoms with Crippen LogP contribution in [0.2, 0.25) is 0 Å². The Labute approximate surface area is 395 Å². The fourth-order valence-electron chi connectivity index (χ4n) is 13.6. The van der Waals surface area contributed by atoms with E-state index >= 15 is 0 Å². The zero-order chi connectivity index (χ0) is 46.4. The van der Waals surface area contributed by atoms with Crippen molar-refractivity contribution in [1.29, 1.82) is 0 Å². The lowest BCUT2D eigenvalue weighted by Crippen LogP contribution is -2.62. The van der Waals surface area contributed by atoms with E-state index in [4.69, 9.17) is 4.42 Å². The first-order valence-corrected chi connectivity index (χ1v) is 25.2. The fraction of sp³-hybridized carbons (Fsp3) is 0.419. The highest BCUT2D eigenvalue weighted by molar-refractivity contribution is 7.00. The predicted molar refractivity (Wildman–Crippen MR) is 283 cm³/mol. The molecule has 0 saturated carbocycles. The van der Waals surface area contributed by atoms with E-state index in [0.717, 1.165) is 11.2 Å². The summed E-state index contributed by atoms with van der Waals surface area (Å²) in [5.74, 6) is 0. The van der Waals surface area contributed by atoms with Crippen LogP contribution in [0.25, 0.3) is 21.9 Å². The highest BCUT2D eigenvalue weighted by Crippen LogP contribution is 2.54. The number of benzene rings is 6. The van der Waals surface area contributed by atoms with Crippen molar-refractivity contribution in [2.24, 2.45) is 0 Å². The van der Waals surface area contributed by atoms with Gasteiger partial charge in [0.05, 0.1) is 0 Å². The summed E-state index contributed by atoms with van der Waals surface area (Å²) in [4.78, 5) is 5.30. The fourth-order valence-corrected chi connectivity index (χ4v) is 13.6. The Kier molecular flexibility index (Phi) is 8.48. The van der Waals surface area contributed by atoms with Gasteiger partial charge in [-0.3, -0.25) is 0 Å². The molecule has 0 bridgehead atoms. The molecule has 66 heavy (non-hydrogen) atoms. The summed E-state index contributed by atoms with van der Waals surface area (Å²) in [6.45, 7) is 34.0. The number of fused-ring (bicyclic) bond motifs is 10. The van der Waals surface area contributed by atoms with E-state index in [9.17, 15) is 0 Å². The molecule has 0 amide bonds. The summed E-state index contributed by atoms with van der Waals surface area (Å²) < 4.78 is 7.15. The largest absolute Gasteiger partial charge is 0.456 e. The lowest BCUT2D eigenvalue weighted by atomic mass is 9.33. The normalized spacial score (nSPS) is 20.8. The number of anilines is 6. The van der Waals surface area contributed by atoms with Crippen molar-refractivity contribution < 1.29 is 4.42 Å². The number of rotatable bonds is 2. The van der Waals surface area contributed by atoms with Crippen LogP contribution in [-0.4, -0.2) is 6.71 Å². The second kappa shape index (κ2) is 13.3. The van der Waals surface area contributed by atoms with Crippen LogP contribution in [0.4, 0.5) is 34.1 Å². The van der Waals surface area contributed by atoms with E-state index in [0.29, 0.717) is 0 Å². The van der Waals surface area contributed by atoms with Crippen molar-refractivity contribution in [3.8, 4) is 0 Å². The molecule has 3 heterocycles. The maximum absolute atomic E-state index is 7.15. The molecule has 4 heteroatoms. The summed E-state index contributed by atoms with van der Waals surface area (Å²) in [6.07, 6.45) is 7.09. The van der Waals surface area contributed by atoms with Crippen LogP contribution < -0.4 is 26.2 Å². The summed E-state index contributed by atoms with van der Waals surface area (Å²) in [5.41, 5.74) is 25.6. The van der Waals surface area contributed by atoms with Gasteiger partial charge in [0.1, 0.15) is 11.2 Å². The smallest absolute Gasteiger partial charge is 0.252 e. The van der Waals surface area contributed by atoms with Crippen molar-refractivity contribution >= 4 is 79.2 Å². The minimum absolute atomic E-state index is 0.0000526. The maximum Gasteiger partial charge on any atom is 0.252 e. The molecular formula is C62H69BN2O. The predicted octanol–water partition coefficient (Wildman–Crippen LogP) is 15.3. The first-order valence-electron chi connectivity index (χ1n) is 25.2. The molecule has 0 atom stereocenters. The van der Waals surface area contributed by atoms with Gasteiger partial charge in [-0.25, -0.2) is 0 Å². The van der Waals surface area contributed by atoms with Crippen LogP contribution in [0, 0.1) is 13.8 Å². The third-order valence-electron chi connectivity index (χ3n) is 18.2. The average Bonchev–Trinajstić information content (AvgIpc) is 3.61. The van der Waals surface area contributed by atoms with Gasteiger partial charge in [-0.05, 0) is 206 Å². The number of para-hydroxylation sites is 1. The second-order valence-electron chi connectivity index (χ2n) is 25.5. The van der Waals surface area contributed by atoms with E-state index in [1.54, 1.807) is 0 Å². The van der Waals surface area contributed by atoms with Crippen molar-refractivity contribution in [2.75, 3.05) is 9.80 Å². The molecule has 0 N–H and O–H groups in total. The SMILES string of the molecule is Cc1cc2c3c(c1)N(c1ccccc1C)c1cc4c(cc1B3c1cc3c(cc1N2c1ccc2c(c1)C(C)(C)CCC2(C)C)C(C)(C)CCC3(C)C)oc1cc2c(cc14)C(C)(C)CCC2(C)C. The van der Waals surface area contributed by atoms with E-state index in [1.807, 2.05) is 0 Å². The molecule has 12 rings (SSSR count). The lowest BCUT2D eigenvalue weighted by Gasteiger charge is -2.48. The summed E-state index contributed by atoms with van der Waals surface area (Å²) in [6, 6.07) is 36.7. The molecule has 3 aliphatic carbocycles. The molecule has 0 spiro atoms. The Balaban J connectivity index is 1.20. The van der Waals surface area contributed by atoms with Crippen molar-refractivity contribution in [1.82, 2.24) is 0 Å². The molecule has 5 aliphatic rings. The van der Waals surface area contributed by atoms with E-state index in [1.165, 1.54) is 144 Å². The Morgan fingerprint density at radius 3 is 1.50 bits per heavy atom. The highest BCUT2D eigenvalue weighted by atomic mass is 16.3. The number of hydrogen-bond acceptors (Lipinski definition) is 3. The topological polar surface area (TPSA) is 19.6 Å². The monoisotopic (exact) mass is 869 g/mol. The van der Waals surface area contributed by atoms with Crippen LogP contribution in [0.15, 0.2) is 95.4 Å². The van der Waals surface area contributed by atoms with Gasteiger partial charge in [0.15, 0.2) is 0 Å². The Morgan fingerprint density at radius 1 is 0.409 bits per heavy atom. The van der Waals surface area contributed by atoms with Gasteiger partial charge in [-0.1, -0.05) is 113 Å². The van der Waals surface area contributed by atoms with Crippen LogP contribution in [-0.2, 0) is 32.5 Å². The zero-order valence-corrected chi connectivity index (χ0v) is 42.3. The minimum Gasteiger partial charge on any atom is -0.456 e. The molecule has 0 radical (unpaired) electrons. The van der Waals surface area contributed by atoms with Crippen molar-refractivity contribution in [2.45, 2.75) is 168 Å². The van der Waals surface area contributed by atoms with E-state index in [-0.39, 0.29) is 39.2 Å². The number of nitrogens with zero attached hydrogens (tertiary/aromatic N) is 2. The summed E-state index contributed by atoms with van der Waals surface area (Å²) in [7, 11) is 0. The number of hydrogen-bond donors (Lipinski definition) is 0. The number of furan rings is 1. The average molecular weight is 869 g/mol. The molecule has 3 nitrogen and oxygen atoms in total. The van der Waals surface area contributed by atoms with Crippen molar-refractivity contribution in [3.05, 3.63) is 136 Å². The zero-order valence-electron chi connectivity index (χ0n) is 42.3. The summed E-state index contributed by atoms with van der Waals surface area (Å²) in [5, 5.41) is 2.43. The minimum atomic E-state index is -0.0000526. The van der Waals surface area contributed by atoms with E-state index < -0.39 is 0 Å². The highest BCUT2D eigenvalue weighted by Gasteiger charge is 2.48. The third-order valence-corrected chi connectivity index (χ3v) is 18.2. The Morgan fingerprint density at radius 2 is 0.879 bits per heavy atom. The van der Waals surface area contributed by atoms with Gasteiger partial charge >= 0.3 is 0 Å². The van der Waals surface area contributed by atoms with Crippen LogP contribution in [0.5, 0.6) is 0 Å². The molecule has 0 saturated heterocycles. The standard InChI is InChI=1S/C62H69BN2O/c1-36-27-52-56-53(28-36)65(49-18-16-15-17-37(49)2)50-31-40-39-30-43-46(62(13,14)26-23-59(43,7)8)34-54(39)66-55(40)35-48(50)63(56)47-32-44-45(61(11,12)25-24-60(44,9)10)33-51(47)64(52)38-19-20-41-42(29-38)58(5,6)22-21-57(41,3)4/h15-20,27-35H,21-26H2,1-14H3. The van der Waals surface area contributed by atoms with Gasteiger partial charge in [0, 0.05) is 44.9 Å². The molecular weight excluding hydrogens is 800 g/mol. The van der Waals surface area contributed by atoms with Gasteiger partial charge < -0.3 is 14.2 Å². The van der Waals surface area contributed by atoms with Crippen LogP contribution >= 0.6 is 0 Å². The first-order chi connectivity index (χ1) is 31.0. The van der Waals surface area contributed by atoms with Gasteiger partial charge in [0.2, 0.25) is 0 Å². The van der Waals surface area contributed by atoms with Crippen molar-refractivity contribution in [3.63, 3.8) is 0 Å². The quantitative estimate of drug-likeness (QED) is 0.161. The number of aryl methyl sites for hydroxylation is 2. The molecule has 2 aliphatic heterocycles. The van der Waals surface area contributed by atoms with E-state index in [2.05, 4.69) is 198 Å². The maximum atomic E-state index is 7.15. The molecule has 336 valence electrons. The molecule has 7 aromatic rings. The lowest BCUT2D eigenvalue weighted by molar-refractivity contribution is 0.332. The molecule has 0 fully saturated rings. The molecule has 1 aromatic heterocycles. The van der Waals surface area contributed by atoms with Gasteiger partial charge in [-0.2, -0.15) is 0 Å². The first kappa shape index (κ1) is 42.2. The van der Waals surface area contributed by atoms with Crippen LogP contribution in [0.1, 0.15) is 166 Å². The molecule has 6 aromatic carbocycles. The van der Waals surface area contributed by atoms with Crippen LogP contribution in [0.3, 0.4) is 0 Å². The Hall–Kier alpha value is -5.22. The Bertz CT molecular complexity index is 3260. The summed E-state index contributed by atoms with van der Waals surface area (Å²) >= 11 is 0.